The van der Waals surface area contributed by atoms with E-state index in [2.05, 4.69) is 26.2 Å². The van der Waals surface area contributed by atoms with Crippen molar-refractivity contribution in [2.75, 3.05) is 11.3 Å². The number of aliphatic hydroxyl groups excluding tert-OH is 1. The van der Waals surface area contributed by atoms with E-state index in [1.54, 1.807) is 12.1 Å². The van der Waals surface area contributed by atoms with Gasteiger partial charge in [-0.3, -0.25) is 4.72 Å². The van der Waals surface area contributed by atoms with Crippen molar-refractivity contribution in [3.8, 4) is 11.8 Å². The molecule has 2 rings (SSSR count). The van der Waals surface area contributed by atoms with Crippen LogP contribution < -0.4 is 4.72 Å². The largest absolute Gasteiger partial charge is 0.395 e. The molecule has 1 aromatic carbocycles. The van der Waals surface area contributed by atoms with Crippen LogP contribution in [-0.4, -0.2) is 25.3 Å². The zero-order chi connectivity index (χ0) is 15.3. The summed E-state index contributed by atoms with van der Waals surface area (Å²) in [7, 11) is -3.81. The topological polar surface area (TPSA) is 92.4 Å². The predicted molar refractivity (Wildman–Crippen MR) is 77.1 cm³/mol. The molecule has 0 amide bonds. The Morgan fingerprint density at radius 3 is 2.86 bits per heavy atom. The fourth-order valence-electron chi connectivity index (χ4n) is 1.65. The summed E-state index contributed by atoms with van der Waals surface area (Å²) in [6.07, 6.45) is 1.55. The molecule has 110 valence electrons. The molecule has 7 heteroatoms. The summed E-state index contributed by atoms with van der Waals surface area (Å²) in [6.45, 7) is 1.77. The monoisotopic (exact) mass is 306 g/mol. The van der Waals surface area contributed by atoms with Gasteiger partial charge in [-0.15, -0.1) is 0 Å². The van der Waals surface area contributed by atoms with Gasteiger partial charge >= 0.3 is 0 Å². The lowest BCUT2D eigenvalue weighted by Gasteiger charge is -2.08. The lowest BCUT2D eigenvalue weighted by atomic mass is 10.1. The van der Waals surface area contributed by atoms with E-state index in [4.69, 9.17) is 5.11 Å². The third kappa shape index (κ3) is 3.84. The van der Waals surface area contributed by atoms with Crippen LogP contribution in [0.1, 0.15) is 17.5 Å². The van der Waals surface area contributed by atoms with Crippen LogP contribution in [0.5, 0.6) is 0 Å². The first-order valence-corrected chi connectivity index (χ1v) is 7.65. The Morgan fingerprint density at radius 1 is 1.38 bits per heavy atom. The van der Waals surface area contributed by atoms with Crippen molar-refractivity contribution in [2.45, 2.75) is 18.2 Å². The molecule has 0 aliphatic carbocycles. The molecule has 1 aromatic heterocycles. The first-order valence-electron chi connectivity index (χ1n) is 6.16. The molecular formula is C14H14N2O4S. The van der Waals surface area contributed by atoms with Gasteiger partial charge < -0.3 is 9.63 Å². The highest BCUT2D eigenvalue weighted by Crippen LogP contribution is 2.19. The molecule has 0 fully saturated rings. The molecule has 2 N–H and O–H groups in total. The highest BCUT2D eigenvalue weighted by molar-refractivity contribution is 7.92. The predicted octanol–water partition coefficient (Wildman–Crippen LogP) is 1.52. The number of hydrogen-bond donors (Lipinski definition) is 2. The lowest BCUT2D eigenvalue weighted by molar-refractivity contribution is 0.305. The molecule has 0 unspecified atom stereocenters. The average Bonchev–Trinajstić information content (AvgIpc) is 2.91. The molecule has 0 atom stereocenters. The van der Waals surface area contributed by atoms with Gasteiger partial charge in [0.05, 0.1) is 6.61 Å². The quantitative estimate of drug-likeness (QED) is 0.835. The zero-order valence-electron chi connectivity index (χ0n) is 11.3. The van der Waals surface area contributed by atoms with E-state index in [1.165, 1.54) is 18.4 Å². The lowest BCUT2D eigenvalue weighted by Crippen LogP contribution is -2.14. The second kappa shape index (κ2) is 6.43. The molecule has 0 aliphatic heterocycles. The Kier molecular flexibility index (Phi) is 4.62. The van der Waals surface area contributed by atoms with E-state index in [-0.39, 0.29) is 23.7 Å². The molecule has 0 spiro atoms. The molecule has 1 heterocycles. The number of hydrogen-bond acceptors (Lipinski definition) is 5. The highest BCUT2D eigenvalue weighted by Gasteiger charge is 2.19. The fraction of sp³-hybridized carbons (Fsp3) is 0.214. The summed E-state index contributed by atoms with van der Waals surface area (Å²) in [6, 6.07) is 6.26. The maximum atomic E-state index is 12.4. The van der Waals surface area contributed by atoms with E-state index >= 15 is 0 Å². The average molecular weight is 306 g/mol. The maximum Gasteiger partial charge on any atom is 0.264 e. The number of nitrogens with zero attached hydrogens (tertiary/aromatic N) is 1. The van der Waals surface area contributed by atoms with Gasteiger partial charge in [0.15, 0.2) is 5.82 Å². The normalized spacial score (nSPS) is 10.8. The van der Waals surface area contributed by atoms with Crippen molar-refractivity contribution < 1.29 is 18.0 Å². The molecular weight excluding hydrogens is 292 g/mol. The summed E-state index contributed by atoms with van der Waals surface area (Å²) < 4.78 is 31.6. The van der Waals surface area contributed by atoms with Crippen molar-refractivity contribution in [1.29, 1.82) is 0 Å². The van der Waals surface area contributed by atoms with Crippen LogP contribution in [-0.2, 0) is 10.0 Å². The maximum absolute atomic E-state index is 12.4. The number of aryl methyl sites for hydroxylation is 1. The molecule has 0 aliphatic rings. The van der Waals surface area contributed by atoms with Gasteiger partial charge in [0.25, 0.3) is 10.0 Å². The first-order chi connectivity index (χ1) is 10.0. The smallest absolute Gasteiger partial charge is 0.264 e. The van der Waals surface area contributed by atoms with Crippen LogP contribution in [0.2, 0.25) is 0 Å². The SMILES string of the molecule is Cc1ccc(S(=O)(=O)Nc2ccon2)c(C#CCCO)c1. The van der Waals surface area contributed by atoms with Crippen LogP contribution in [0.15, 0.2) is 39.9 Å². The number of benzene rings is 1. The summed E-state index contributed by atoms with van der Waals surface area (Å²) >= 11 is 0. The number of aliphatic hydroxyl groups is 1. The van der Waals surface area contributed by atoms with Gasteiger partial charge in [-0.05, 0) is 24.6 Å². The van der Waals surface area contributed by atoms with Gasteiger partial charge in [-0.1, -0.05) is 23.1 Å². The van der Waals surface area contributed by atoms with E-state index < -0.39 is 10.0 Å². The summed E-state index contributed by atoms with van der Waals surface area (Å²) in [5, 5.41) is 12.3. The first kappa shape index (κ1) is 15.1. The molecule has 0 radical (unpaired) electrons. The number of sulfonamides is 1. The Balaban J connectivity index is 2.41. The molecule has 2 aromatic rings. The van der Waals surface area contributed by atoms with Gasteiger partial charge in [0, 0.05) is 18.1 Å². The van der Waals surface area contributed by atoms with E-state index in [1.807, 2.05) is 6.92 Å². The molecule has 0 saturated carbocycles. The Hall–Kier alpha value is -2.30. The van der Waals surface area contributed by atoms with Crippen LogP contribution >= 0.6 is 0 Å². The van der Waals surface area contributed by atoms with Crippen molar-refractivity contribution in [2.24, 2.45) is 0 Å². The van der Waals surface area contributed by atoms with Crippen molar-refractivity contribution in [1.82, 2.24) is 5.16 Å². The summed E-state index contributed by atoms with van der Waals surface area (Å²) in [5.41, 5.74) is 1.27. The highest BCUT2D eigenvalue weighted by atomic mass is 32.2. The van der Waals surface area contributed by atoms with Crippen LogP contribution in [0, 0.1) is 18.8 Å². The minimum absolute atomic E-state index is 0.0570. The van der Waals surface area contributed by atoms with E-state index in [0.717, 1.165) is 5.56 Å². The minimum atomic E-state index is -3.81. The van der Waals surface area contributed by atoms with E-state index in [9.17, 15) is 8.42 Å². The van der Waals surface area contributed by atoms with Crippen molar-refractivity contribution >= 4 is 15.8 Å². The van der Waals surface area contributed by atoms with Crippen molar-refractivity contribution in [3.05, 3.63) is 41.7 Å². The Morgan fingerprint density at radius 2 is 2.19 bits per heavy atom. The molecule has 0 saturated heterocycles. The third-order valence-electron chi connectivity index (χ3n) is 2.56. The van der Waals surface area contributed by atoms with Crippen LogP contribution in [0.3, 0.4) is 0 Å². The number of anilines is 1. The van der Waals surface area contributed by atoms with Crippen molar-refractivity contribution in [3.63, 3.8) is 0 Å². The van der Waals surface area contributed by atoms with Gasteiger partial charge in [0.2, 0.25) is 0 Å². The molecule has 0 bridgehead atoms. The molecule has 21 heavy (non-hydrogen) atoms. The van der Waals surface area contributed by atoms with Crippen LogP contribution in [0.4, 0.5) is 5.82 Å². The third-order valence-corrected chi connectivity index (χ3v) is 3.97. The minimum Gasteiger partial charge on any atom is -0.395 e. The second-order valence-corrected chi connectivity index (χ2v) is 5.92. The zero-order valence-corrected chi connectivity index (χ0v) is 12.1. The Labute approximate surface area is 122 Å². The second-order valence-electron chi connectivity index (χ2n) is 4.27. The molecule has 6 nitrogen and oxygen atoms in total. The standard InChI is InChI=1S/C14H14N2O4S/c1-11-5-6-13(12(10-11)4-2-3-8-17)21(18,19)16-14-7-9-20-15-14/h5-7,9-10,17H,3,8H2,1H3,(H,15,16). The van der Waals surface area contributed by atoms with Gasteiger partial charge in [0.1, 0.15) is 11.2 Å². The number of nitrogens with one attached hydrogen (secondary N) is 1. The van der Waals surface area contributed by atoms with E-state index in [0.29, 0.717) is 5.56 Å². The fourth-order valence-corrected chi connectivity index (χ4v) is 2.78. The van der Waals surface area contributed by atoms with Gasteiger partial charge in [-0.2, -0.15) is 0 Å². The van der Waals surface area contributed by atoms with Crippen LogP contribution in [0.25, 0.3) is 0 Å². The summed E-state index contributed by atoms with van der Waals surface area (Å²) in [5.74, 6) is 5.59. The Bertz CT molecular complexity index is 771. The number of aromatic nitrogens is 1. The number of rotatable bonds is 4. The summed E-state index contributed by atoms with van der Waals surface area (Å²) in [4.78, 5) is 0.0570. The van der Waals surface area contributed by atoms with Gasteiger partial charge in [-0.25, -0.2) is 8.42 Å².